The van der Waals surface area contributed by atoms with Crippen molar-refractivity contribution in [2.24, 2.45) is 0 Å². The predicted molar refractivity (Wildman–Crippen MR) is 104 cm³/mol. The van der Waals surface area contributed by atoms with E-state index in [0.717, 1.165) is 10.9 Å². The summed E-state index contributed by atoms with van der Waals surface area (Å²) in [6.45, 7) is -3.06. The van der Waals surface area contributed by atoms with Gasteiger partial charge in [-0.15, -0.1) is 14.8 Å². The fourth-order valence-electron chi connectivity index (χ4n) is 3.07. The molecule has 0 unspecified atom stereocenters. The standard InChI is InChI=1S/C20H14F3N3O3S/c1-30(27,28)13-8-6-12(7-9-13)18-16-10-11-17(29-20(22)23)24-26(16)25-19(18)14-4-2-3-5-15(14)21/h2-11,20H,1H3. The topological polar surface area (TPSA) is 73.6 Å². The van der Waals surface area contributed by atoms with E-state index in [9.17, 15) is 21.6 Å². The smallest absolute Gasteiger partial charge is 0.388 e. The van der Waals surface area contributed by atoms with Gasteiger partial charge in [0.2, 0.25) is 5.88 Å². The van der Waals surface area contributed by atoms with E-state index < -0.39 is 22.3 Å². The number of rotatable bonds is 5. The summed E-state index contributed by atoms with van der Waals surface area (Å²) in [6, 6.07) is 14.7. The second kappa shape index (κ2) is 7.45. The Kier molecular flexibility index (Phi) is 4.94. The molecular weight excluding hydrogens is 419 g/mol. The number of hydrogen-bond donors (Lipinski definition) is 0. The van der Waals surface area contributed by atoms with E-state index in [2.05, 4.69) is 14.9 Å². The average Bonchev–Trinajstić information content (AvgIpc) is 3.05. The summed E-state index contributed by atoms with van der Waals surface area (Å²) in [7, 11) is -3.40. The summed E-state index contributed by atoms with van der Waals surface area (Å²) >= 11 is 0. The van der Waals surface area contributed by atoms with Crippen molar-refractivity contribution in [3.8, 4) is 28.3 Å². The lowest BCUT2D eigenvalue weighted by Crippen LogP contribution is -2.06. The van der Waals surface area contributed by atoms with E-state index in [-0.39, 0.29) is 22.0 Å². The van der Waals surface area contributed by atoms with Crippen LogP contribution >= 0.6 is 0 Å². The summed E-state index contributed by atoms with van der Waals surface area (Å²) in [6.07, 6.45) is 1.09. The van der Waals surface area contributed by atoms with Crippen LogP contribution in [-0.4, -0.2) is 36.1 Å². The van der Waals surface area contributed by atoms with Crippen LogP contribution in [0.4, 0.5) is 13.2 Å². The van der Waals surface area contributed by atoms with Crippen molar-refractivity contribution in [3.05, 3.63) is 66.5 Å². The number of sulfone groups is 1. The van der Waals surface area contributed by atoms with E-state index in [0.29, 0.717) is 16.6 Å². The quantitative estimate of drug-likeness (QED) is 0.472. The van der Waals surface area contributed by atoms with Gasteiger partial charge in [-0.1, -0.05) is 24.3 Å². The molecule has 4 rings (SSSR count). The largest absolute Gasteiger partial charge is 0.415 e. The molecule has 2 heterocycles. The molecule has 6 nitrogen and oxygen atoms in total. The molecule has 0 amide bonds. The van der Waals surface area contributed by atoms with Gasteiger partial charge in [0.1, 0.15) is 11.5 Å². The highest BCUT2D eigenvalue weighted by Gasteiger charge is 2.21. The van der Waals surface area contributed by atoms with Crippen LogP contribution in [0.1, 0.15) is 0 Å². The van der Waals surface area contributed by atoms with Crippen molar-refractivity contribution in [2.45, 2.75) is 11.5 Å². The highest BCUT2D eigenvalue weighted by Crippen LogP contribution is 2.36. The Morgan fingerprint density at radius 3 is 2.30 bits per heavy atom. The first-order valence-corrected chi connectivity index (χ1v) is 10.5. The third-order valence-corrected chi connectivity index (χ3v) is 5.52. The molecule has 0 atom stereocenters. The lowest BCUT2D eigenvalue weighted by atomic mass is 9.99. The molecule has 0 bridgehead atoms. The predicted octanol–water partition coefficient (Wildman–Crippen LogP) is 4.21. The maximum Gasteiger partial charge on any atom is 0.388 e. The Balaban J connectivity index is 1.96. The molecule has 0 saturated heterocycles. The molecule has 0 aliphatic heterocycles. The molecule has 0 aliphatic rings. The molecule has 0 saturated carbocycles. The highest BCUT2D eigenvalue weighted by atomic mass is 32.2. The molecule has 0 aliphatic carbocycles. The summed E-state index contributed by atoms with van der Waals surface area (Å²) in [5.41, 5.74) is 1.83. The van der Waals surface area contributed by atoms with Crippen molar-refractivity contribution < 1.29 is 26.3 Å². The number of nitrogens with zero attached hydrogens (tertiary/aromatic N) is 3. The molecule has 0 radical (unpaired) electrons. The zero-order chi connectivity index (χ0) is 21.5. The average molecular weight is 433 g/mol. The molecule has 0 spiro atoms. The van der Waals surface area contributed by atoms with Gasteiger partial charge in [0.25, 0.3) is 0 Å². The second-order valence-corrected chi connectivity index (χ2v) is 8.44. The molecule has 0 fully saturated rings. The second-order valence-electron chi connectivity index (χ2n) is 6.42. The maximum atomic E-state index is 14.5. The molecule has 2 aromatic heterocycles. The summed E-state index contributed by atoms with van der Waals surface area (Å²) in [5.74, 6) is -0.877. The first-order valence-electron chi connectivity index (χ1n) is 8.64. The van der Waals surface area contributed by atoms with Gasteiger partial charge in [0.05, 0.1) is 10.4 Å². The van der Waals surface area contributed by atoms with Gasteiger partial charge in [-0.25, -0.2) is 12.8 Å². The van der Waals surface area contributed by atoms with Crippen LogP contribution in [0.3, 0.4) is 0 Å². The highest BCUT2D eigenvalue weighted by molar-refractivity contribution is 7.90. The molecule has 10 heteroatoms. The van der Waals surface area contributed by atoms with Gasteiger partial charge in [-0.3, -0.25) is 0 Å². The normalized spacial score (nSPS) is 11.9. The van der Waals surface area contributed by atoms with Crippen molar-refractivity contribution in [2.75, 3.05) is 6.26 Å². The first-order chi connectivity index (χ1) is 14.2. The summed E-state index contributed by atoms with van der Waals surface area (Å²) in [4.78, 5) is 0.126. The fourth-order valence-corrected chi connectivity index (χ4v) is 3.70. The van der Waals surface area contributed by atoms with Crippen molar-refractivity contribution in [1.29, 1.82) is 0 Å². The number of alkyl halides is 2. The Bertz CT molecular complexity index is 1340. The first kappa shape index (κ1) is 19.9. The van der Waals surface area contributed by atoms with Gasteiger partial charge in [-0.05, 0) is 35.9 Å². The van der Waals surface area contributed by atoms with Crippen LogP contribution in [0.15, 0.2) is 65.6 Å². The monoisotopic (exact) mass is 433 g/mol. The summed E-state index contributed by atoms with van der Waals surface area (Å²) < 4.78 is 68.5. The van der Waals surface area contributed by atoms with Crippen LogP contribution in [0.5, 0.6) is 5.88 Å². The fraction of sp³-hybridized carbons (Fsp3) is 0.100. The van der Waals surface area contributed by atoms with Crippen molar-refractivity contribution in [1.82, 2.24) is 14.8 Å². The SMILES string of the molecule is CS(=O)(=O)c1ccc(-c2c(-c3ccccc3F)nn3nc(OC(F)F)ccc23)cc1. The van der Waals surface area contributed by atoms with Gasteiger partial charge in [0.15, 0.2) is 9.84 Å². The summed E-state index contributed by atoms with van der Waals surface area (Å²) in [5, 5.41) is 8.20. The Labute approximate surface area is 169 Å². The molecular formula is C20H14F3N3O3S. The molecule has 154 valence electrons. The number of ether oxygens (including phenoxy) is 1. The Morgan fingerprint density at radius 2 is 1.67 bits per heavy atom. The van der Waals surface area contributed by atoms with Crippen LogP contribution in [0, 0.1) is 5.82 Å². The van der Waals surface area contributed by atoms with Crippen LogP contribution in [0.2, 0.25) is 0 Å². The van der Waals surface area contributed by atoms with Crippen LogP contribution in [0.25, 0.3) is 27.9 Å². The maximum absolute atomic E-state index is 14.5. The number of aromatic nitrogens is 3. The third kappa shape index (κ3) is 3.73. The zero-order valence-corrected chi connectivity index (χ0v) is 16.3. The molecule has 30 heavy (non-hydrogen) atoms. The van der Waals surface area contributed by atoms with E-state index in [1.54, 1.807) is 18.2 Å². The van der Waals surface area contributed by atoms with Crippen LogP contribution < -0.4 is 4.74 Å². The minimum Gasteiger partial charge on any atom is -0.415 e. The van der Waals surface area contributed by atoms with Gasteiger partial charge >= 0.3 is 6.61 Å². The van der Waals surface area contributed by atoms with Crippen LogP contribution in [-0.2, 0) is 9.84 Å². The molecule has 2 aromatic carbocycles. The van der Waals surface area contributed by atoms with E-state index in [1.165, 1.54) is 42.5 Å². The lowest BCUT2D eigenvalue weighted by Gasteiger charge is -2.06. The van der Waals surface area contributed by atoms with Gasteiger partial charge < -0.3 is 4.74 Å². The zero-order valence-electron chi connectivity index (χ0n) is 15.5. The minimum atomic E-state index is -3.40. The van der Waals surface area contributed by atoms with Gasteiger partial charge in [0, 0.05) is 23.4 Å². The lowest BCUT2D eigenvalue weighted by molar-refractivity contribution is -0.0536. The minimum absolute atomic E-state index is 0.126. The Morgan fingerprint density at radius 1 is 0.967 bits per heavy atom. The number of halogens is 3. The molecule has 0 N–H and O–H groups in total. The van der Waals surface area contributed by atoms with Crippen molar-refractivity contribution >= 4 is 15.4 Å². The van der Waals surface area contributed by atoms with Crippen molar-refractivity contribution in [3.63, 3.8) is 0 Å². The third-order valence-electron chi connectivity index (χ3n) is 4.39. The number of fused-ring (bicyclic) bond motifs is 1. The van der Waals surface area contributed by atoms with E-state index in [4.69, 9.17) is 0 Å². The molecule has 4 aromatic rings. The van der Waals surface area contributed by atoms with E-state index >= 15 is 0 Å². The Hall–Kier alpha value is -3.40. The van der Waals surface area contributed by atoms with E-state index in [1.807, 2.05) is 0 Å². The number of benzene rings is 2. The number of hydrogen-bond acceptors (Lipinski definition) is 5. The van der Waals surface area contributed by atoms with Gasteiger partial charge in [-0.2, -0.15) is 8.78 Å².